The van der Waals surface area contributed by atoms with Gasteiger partial charge >= 0.3 is 0 Å². The smallest absolute Gasteiger partial charge is 0.229 e. The maximum atomic E-state index is 12.3. The third-order valence-electron chi connectivity index (χ3n) is 4.92. The first-order valence-electron chi connectivity index (χ1n) is 8.44. The average Bonchev–Trinajstić information content (AvgIpc) is 2.92. The van der Waals surface area contributed by atoms with E-state index in [9.17, 15) is 19.5 Å². The van der Waals surface area contributed by atoms with E-state index in [4.69, 9.17) is 0 Å². The zero-order chi connectivity index (χ0) is 17.1. The Balaban J connectivity index is 1.47. The van der Waals surface area contributed by atoms with Crippen molar-refractivity contribution in [2.24, 2.45) is 0 Å². The Morgan fingerprint density at radius 2 is 1.62 bits per heavy atom. The summed E-state index contributed by atoms with van der Waals surface area (Å²) >= 11 is 0. The molecule has 6 nitrogen and oxygen atoms in total. The van der Waals surface area contributed by atoms with Gasteiger partial charge in [-0.3, -0.25) is 19.3 Å². The maximum Gasteiger partial charge on any atom is 0.229 e. The molecule has 2 heterocycles. The highest BCUT2D eigenvalue weighted by Crippen LogP contribution is 2.29. The number of amides is 3. The first kappa shape index (κ1) is 16.5. The molecule has 2 aliphatic rings. The number of phenolic OH excluding ortho intramolecular Hbond substituents is 1. The second kappa shape index (κ2) is 7.03. The molecule has 2 aliphatic heterocycles. The highest BCUT2D eigenvalue weighted by atomic mass is 16.3. The zero-order valence-corrected chi connectivity index (χ0v) is 13.6. The number of hydrogen-bond donors (Lipinski definition) is 1. The number of benzene rings is 1. The number of likely N-dealkylation sites (tertiary alicyclic amines) is 2. The normalized spacial score (nSPS) is 19.2. The van der Waals surface area contributed by atoms with Crippen molar-refractivity contribution in [3.05, 3.63) is 29.8 Å². The highest BCUT2D eigenvalue weighted by molar-refractivity contribution is 6.02. The van der Waals surface area contributed by atoms with E-state index < -0.39 is 0 Å². The fraction of sp³-hybridized carbons (Fsp3) is 0.500. The van der Waals surface area contributed by atoms with Crippen molar-refractivity contribution in [1.29, 1.82) is 0 Å². The number of hydrogen-bond acceptors (Lipinski definition) is 4. The largest absolute Gasteiger partial charge is 0.508 e. The van der Waals surface area contributed by atoms with Gasteiger partial charge in [-0.15, -0.1) is 0 Å². The summed E-state index contributed by atoms with van der Waals surface area (Å²) in [5, 5.41) is 9.35. The van der Waals surface area contributed by atoms with Gasteiger partial charge in [-0.2, -0.15) is 0 Å². The molecule has 128 valence electrons. The number of carbonyl (C=O) groups excluding carboxylic acids is 3. The van der Waals surface area contributed by atoms with E-state index in [1.54, 1.807) is 12.1 Å². The van der Waals surface area contributed by atoms with Gasteiger partial charge in [0.05, 0.1) is 0 Å². The summed E-state index contributed by atoms with van der Waals surface area (Å²) in [6, 6.07) is 7.25. The van der Waals surface area contributed by atoms with E-state index in [1.165, 1.54) is 10.5 Å². The number of carbonyl (C=O) groups is 3. The van der Waals surface area contributed by atoms with Gasteiger partial charge in [0.15, 0.2) is 0 Å². The topological polar surface area (TPSA) is 77.9 Å². The molecule has 6 heteroatoms. The van der Waals surface area contributed by atoms with E-state index in [-0.39, 0.29) is 49.3 Å². The number of phenols is 1. The minimum Gasteiger partial charge on any atom is -0.508 e. The van der Waals surface area contributed by atoms with Crippen LogP contribution in [0.5, 0.6) is 5.75 Å². The molecule has 1 aromatic rings. The SMILES string of the molecule is O=C(CCN1C(=O)CCC1=O)N1CCC(c2ccc(O)cc2)CC1. The van der Waals surface area contributed by atoms with E-state index in [2.05, 4.69) is 0 Å². The van der Waals surface area contributed by atoms with Gasteiger partial charge in [0.1, 0.15) is 5.75 Å². The average molecular weight is 330 g/mol. The summed E-state index contributed by atoms with van der Waals surface area (Å²) in [5.74, 6) is 0.332. The van der Waals surface area contributed by atoms with Crippen LogP contribution < -0.4 is 0 Å². The van der Waals surface area contributed by atoms with E-state index in [1.807, 2.05) is 17.0 Å². The second-order valence-corrected chi connectivity index (χ2v) is 6.44. The molecule has 0 bridgehead atoms. The van der Waals surface area contributed by atoms with Gasteiger partial charge in [0.25, 0.3) is 0 Å². The predicted molar refractivity (Wildman–Crippen MR) is 87.2 cm³/mol. The Labute approximate surface area is 141 Å². The van der Waals surface area contributed by atoms with Gasteiger partial charge in [0.2, 0.25) is 17.7 Å². The molecule has 3 amide bonds. The Hall–Kier alpha value is -2.37. The summed E-state index contributed by atoms with van der Waals surface area (Å²) in [4.78, 5) is 38.4. The lowest BCUT2D eigenvalue weighted by Crippen LogP contribution is -2.40. The minimum atomic E-state index is -0.168. The molecule has 1 N–H and O–H groups in total. The van der Waals surface area contributed by atoms with Gasteiger partial charge in [0, 0.05) is 38.9 Å². The van der Waals surface area contributed by atoms with Crippen LogP contribution in [0, 0.1) is 0 Å². The zero-order valence-electron chi connectivity index (χ0n) is 13.6. The standard InChI is InChI=1S/C18H22N2O4/c21-15-3-1-13(2-4-15)14-7-10-19(11-8-14)16(22)9-12-20-17(23)5-6-18(20)24/h1-4,14,21H,5-12H2. The molecule has 0 aliphatic carbocycles. The molecule has 0 aromatic heterocycles. The van der Waals surface area contributed by atoms with Crippen LogP contribution in [-0.4, -0.2) is 52.3 Å². The van der Waals surface area contributed by atoms with Crippen molar-refractivity contribution < 1.29 is 19.5 Å². The van der Waals surface area contributed by atoms with E-state index in [0.717, 1.165) is 12.8 Å². The van der Waals surface area contributed by atoms with Crippen LogP contribution in [0.4, 0.5) is 0 Å². The molecule has 2 saturated heterocycles. The van der Waals surface area contributed by atoms with Gasteiger partial charge < -0.3 is 10.0 Å². The summed E-state index contributed by atoms with van der Waals surface area (Å²) in [5.41, 5.74) is 1.19. The molecule has 24 heavy (non-hydrogen) atoms. The monoisotopic (exact) mass is 330 g/mol. The molecule has 0 radical (unpaired) electrons. The lowest BCUT2D eigenvalue weighted by Gasteiger charge is -2.32. The van der Waals surface area contributed by atoms with Crippen LogP contribution in [0.25, 0.3) is 0 Å². The Morgan fingerprint density at radius 3 is 2.21 bits per heavy atom. The first-order chi connectivity index (χ1) is 11.5. The summed E-state index contributed by atoms with van der Waals surface area (Å²) < 4.78 is 0. The van der Waals surface area contributed by atoms with Gasteiger partial charge in [-0.25, -0.2) is 0 Å². The molecular weight excluding hydrogens is 308 g/mol. The summed E-state index contributed by atoms with van der Waals surface area (Å²) in [6.07, 6.45) is 2.52. The van der Waals surface area contributed by atoms with Crippen LogP contribution in [-0.2, 0) is 14.4 Å². The van der Waals surface area contributed by atoms with Crippen LogP contribution in [0.1, 0.15) is 43.6 Å². The molecule has 0 unspecified atom stereocenters. The molecular formula is C18H22N2O4. The van der Waals surface area contributed by atoms with E-state index in [0.29, 0.717) is 19.0 Å². The third-order valence-corrected chi connectivity index (χ3v) is 4.92. The van der Waals surface area contributed by atoms with Crippen molar-refractivity contribution in [2.75, 3.05) is 19.6 Å². The fourth-order valence-corrected chi connectivity index (χ4v) is 3.45. The quantitative estimate of drug-likeness (QED) is 0.851. The third kappa shape index (κ3) is 3.58. The number of piperidine rings is 1. The van der Waals surface area contributed by atoms with Crippen LogP contribution in [0.15, 0.2) is 24.3 Å². The Kier molecular flexibility index (Phi) is 4.83. The first-order valence-corrected chi connectivity index (χ1v) is 8.44. The fourth-order valence-electron chi connectivity index (χ4n) is 3.45. The Bertz CT molecular complexity index is 617. The molecule has 2 fully saturated rings. The van der Waals surface area contributed by atoms with Crippen LogP contribution in [0.3, 0.4) is 0 Å². The molecule has 0 atom stereocenters. The van der Waals surface area contributed by atoms with E-state index >= 15 is 0 Å². The van der Waals surface area contributed by atoms with Crippen LogP contribution in [0.2, 0.25) is 0 Å². The number of nitrogens with zero attached hydrogens (tertiary/aromatic N) is 2. The molecule has 3 rings (SSSR count). The highest BCUT2D eigenvalue weighted by Gasteiger charge is 2.30. The molecule has 0 saturated carbocycles. The van der Waals surface area contributed by atoms with Crippen LogP contribution >= 0.6 is 0 Å². The number of aromatic hydroxyl groups is 1. The lowest BCUT2D eigenvalue weighted by molar-refractivity contribution is -0.139. The number of imide groups is 1. The minimum absolute atomic E-state index is 0.00616. The summed E-state index contributed by atoms with van der Waals surface area (Å²) in [7, 11) is 0. The molecule has 1 aromatic carbocycles. The van der Waals surface area contributed by atoms with Crippen molar-refractivity contribution in [1.82, 2.24) is 9.80 Å². The van der Waals surface area contributed by atoms with Crippen molar-refractivity contribution in [3.8, 4) is 5.75 Å². The van der Waals surface area contributed by atoms with Gasteiger partial charge in [-0.1, -0.05) is 12.1 Å². The van der Waals surface area contributed by atoms with Crippen molar-refractivity contribution in [2.45, 2.75) is 38.0 Å². The van der Waals surface area contributed by atoms with Crippen molar-refractivity contribution >= 4 is 17.7 Å². The second-order valence-electron chi connectivity index (χ2n) is 6.44. The Morgan fingerprint density at radius 1 is 1.04 bits per heavy atom. The maximum absolute atomic E-state index is 12.3. The summed E-state index contributed by atoms with van der Waals surface area (Å²) in [6.45, 7) is 1.58. The van der Waals surface area contributed by atoms with Gasteiger partial charge in [-0.05, 0) is 36.5 Å². The predicted octanol–water partition coefficient (Wildman–Crippen LogP) is 1.64. The van der Waals surface area contributed by atoms with Crippen molar-refractivity contribution in [3.63, 3.8) is 0 Å². The molecule has 0 spiro atoms. The lowest BCUT2D eigenvalue weighted by atomic mass is 9.89. The number of rotatable bonds is 4.